The van der Waals surface area contributed by atoms with E-state index in [9.17, 15) is 13.2 Å². The van der Waals surface area contributed by atoms with Crippen molar-refractivity contribution in [1.82, 2.24) is 15.2 Å². The maximum Gasteiger partial charge on any atom is 0.284 e. The molecule has 0 saturated carbocycles. The Hall–Kier alpha value is -1.67. The van der Waals surface area contributed by atoms with E-state index in [4.69, 9.17) is 23.2 Å². The zero-order valence-electron chi connectivity index (χ0n) is 10.4. The molecule has 1 aromatic heterocycles. The van der Waals surface area contributed by atoms with Gasteiger partial charge in [0.1, 0.15) is 5.69 Å². The van der Waals surface area contributed by atoms with Crippen LogP contribution < -0.4 is 10.3 Å². The van der Waals surface area contributed by atoms with Gasteiger partial charge in [0, 0.05) is 6.20 Å². The minimum absolute atomic E-state index is 0.0781. The lowest BCUT2D eigenvalue weighted by molar-refractivity contribution is 0.0940. The number of carbonyl (C=O) groups is 1. The van der Waals surface area contributed by atoms with Crippen molar-refractivity contribution in [2.75, 3.05) is 0 Å². The number of rotatable bonds is 4. The molecule has 6 nitrogen and oxygen atoms in total. The maximum atomic E-state index is 12.0. The molecule has 110 valence electrons. The normalized spacial score (nSPS) is 11.1. The molecule has 2 aromatic rings. The predicted octanol–water partition coefficient (Wildman–Crippen LogP) is 2.01. The molecular formula is C12H9Cl2N3O3S. The SMILES string of the molecule is O=C(NNS(=O)(=O)c1ccc(Cl)c(Cl)c1)c1ccccn1. The number of benzene rings is 1. The van der Waals surface area contributed by atoms with Crippen LogP contribution in [0.5, 0.6) is 0 Å². The Bertz CT molecular complexity index is 767. The fraction of sp³-hybridized carbons (Fsp3) is 0. The fourth-order valence-corrected chi connectivity index (χ4v) is 2.61. The van der Waals surface area contributed by atoms with Gasteiger partial charge in [-0.3, -0.25) is 15.2 Å². The first kappa shape index (κ1) is 15.7. The molecule has 1 heterocycles. The summed E-state index contributed by atoms with van der Waals surface area (Å²) in [7, 11) is -3.96. The van der Waals surface area contributed by atoms with E-state index in [-0.39, 0.29) is 20.6 Å². The summed E-state index contributed by atoms with van der Waals surface area (Å²) >= 11 is 11.5. The highest BCUT2D eigenvalue weighted by Gasteiger charge is 2.17. The van der Waals surface area contributed by atoms with Crippen LogP contribution in [-0.4, -0.2) is 19.3 Å². The molecule has 0 aliphatic heterocycles. The number of nitrogens with one attached hydrogen (secondary N) is 2. The molecule has 0 unspecified atom stereocenters. The molecule has 9 heteroatoms. The molecule has 0 saturated heterocycles. The van der Waals surface area contributed by atoms with Crippen molar-refractivity contribution in [3.63, 3.8) is 0 Å². The van der Waals surface area contributed by atoms with Crippen LogP contribution in [0.1, 0.15) is 10.5 Å². The highest BCUT2D eigenvalue weighted by Crippen LogP contribution is 2.24. The number of pyridine rings is 1. The van der Waals surface area contributed by atoms with Crippen LogP contribution in [0.4, 0.5) is 0 Å². The molecule has 0 atom stereocenters. The number of carbonyl (C=O) groups excluding carboxylic acids is 1. The molecule has 1 amide bonds. The van der Waals surface area contributed by atoms with Crippen molar-refractivity contribution in [2.24, 2.45) is 0 Å². The zero-order valence-corrected chi connectivity index (χ0v) is 12.7. The van der Waals surface area contributed by atoms with Crippen molar-refractivity contribution in [3.8, 4) is 0 Å². The first-order valence-corrected chi connectivity index (χ1v) is 7.82. The van der Waals surface area contributed by atoms with E-state index in [0.29, 0.717) is 0 Å². The lowest BCUT2D eigenvalue weighted by Crippen LogP contribution is -2.41. The number of hydrogen-bond donors (Lipinski definition) is 2. The molecule has 1 aromatic carbocycles. The van der Waals surface area contributed by atoms with E-state index in [1.807, 2.05) is 4.83 Å². The Morgan fingerprint density at radius 2 is 1.86 bits per heavy atom. The van der Waals surface area contributed by atoms with Crippen LogP contribution in [0.25, 0.3) is 0 Å². The molecular weight excluding hydrogens is 337 g/mol. The average Bonchev–Trinajstić information content (AvgIpc) is 2.48. The Labute approximate surface area is 131 Å². The molecule has 21 heavy (non-hydrogen) atoms. The summed E-state index contributed by atoms with van der Waals surface area (Å²) in [6.07, 6.45) is 1.42. The average molecular weight is 346 g/mol. The minimum atomic E-state index is -3.96. The van der Waals surface area contributed by atoms with Crippen LogP contribution in [0.2, 0.25) is 10.0 Å². The number of hydrogen-bond acceptors (Lipinski definition) is 4. The van der Waals surface area contributed by atoms with Crippen LogP contribution in [0.15, 0.2) is 47.5 Å². The predicted molar refractivity (Wildman–Crippen MR) is 78.5 cm³/mol. The summed E-state index contributed by atoms with van der Waals surface area (Å²) in [4.78, 5) is 17.3. The van der Waals surface area contributed by atoms with Crippen molar-refractivity contribution in [1.29, 1.82) is 0 Å². The summed E-state index contributed by atoms with van der Waals surface area (Å²) in [5, 5.41) is 0.323. The van der Waals surface area contributed by atoms with Crippen molar-refractivity contribution >= 4 is 39.1 Å². The van der Waals surface area contributed by atoms with Crippen molar-refractivity contribution in [3.05, 3.63) is 58.3 Å². The summed E-state index contributed by atoms with van der Waals surface area (Å²) in [5.74, 6) is -0.681. The monoisotopic (exact) mass is 345 g/mol. The second kappa shape index (κ2) is 6.40. The smallest absolute Gasteiger partial charge is 0.272 e. The van der Waals surface area contributed by atoms with Gasteiger partial charge < -0.3 is 0 Å². The van der Waals surface area contributed by atoms with E-state index in [0.717, 1.165) is 0 Å². The van der Waals surface area contributed by atoms with Gasteiger partial charge in [-0.05, 0) is 30.3 Å². The third-order valence-corrected chi connectivity index (χ3v) is 4.38. The van der Waals surface area contributed by atoms with E-state index in [2.05, 4.69) is 10.4 Å². The Balaban J connectivity index is 2.11. The van der Waals surface area contributed by atoms with Crippen molar-refractivity contribution < 1.29 is 13.2 Å². The highest BCUT2D eigenvalue weighted by molar-refractivity contribution is 7.89. The summed E-state index contributed by atoms with van der Waals surface area (Å²) in [6, 6.07) is 8.48. The first-order chi connectivity index (χ1) is 9.90. The van der Waals surface area contributed by atoms with Gasteiger partial charge in [0.2, 0.25) is 0 Å². The van der Waals surface area contributed by atoms with Gasteiger partial charge in [-0.25, -0.2) is 8.42 Å². The number of hydrazine groups is 1. The molecule has 0 aliphatic carbocycles. The quantitative estimate of drug-likeness (QED) is 0.829. The maximum absolute atomic E-state index is 12.0. The van der Waals surface area contributed by atoms with E-state index >= 15 is 0 Å². The number of aromatic nitrogens is 1. The van der Waals surface area contributed by atoms with Crippen LogP contribution in [0.3, 0.4) is 0 Å². The lowest BCUT2D eigenvalue weighted by atomic mass is 10.3. The summed E-state index contributed by atoms with van der Waals surface area (Å²) in [5.41, 5.74) is 2.13. The van der Waals surface area contributed by atoms with Crippen LogP contribution in [-0.2, 0) is 10.0 Å². The standard InChI is InChI=1S/C12H9Cl2N3O3S/c13-9-5-4-8(7-10(9)14)21(19,20)17-16-12(18)11-3-1-2-6-15-11/h1-7,17H,(H,16,18). The first-order valence-electron chi connectivity index (χ1n) is 5.58. The summed E-state index contributed by atoms with van der Waals surface area (Å²) < 4.78 is 24.0. The van der Waals surface area contributed by atoms with Gasteiger partial charge in [0.05, 0.1) is 14.9 Å². The third-order valence-electron chi connectivity index (χ3n) is 2.40. The topological polar surface area (TPSA) is 88.2 Å². The second-order valence-electron chi connectivity index (χ2n) is 3.85. The molecule has 0 fully saturated rings. The van der Waals surface area contributed by atoms with Gasteiger partial charge in [0.25, 0.3) is 15.9 Å². The van der Waals surface area contributed by atoms with E-state index < -0.39 is 15.9 Å². The largest absolute Gasteiger partial charge is 0.284 e. The molecule has 0 aliphatic rings. The van der Waals surface area contributed by atoms with E-state index in [1.165, 1.54) is 30.5 Å². The van der Waals surface area contributed by atoms with Gasteiger partial charge in [-0.1, -0.05) is 29.3 Å². The molecule has 0 radical (unpaired) electrons. The number of nitrogens with zero attached hydrogens (tertiary/aromatic N) is 1. The summed E-state index contributed by atoms with van der Waals surface area (Å²) in [6.45, 7) is 0. The number of halogens is 2. The Morgan fingerprint density at radius 3 is 2.48 bits per heavy atom. The Morgan fingerprint density at radius 1 is 1.10 bits per heavy atom. The number of sulfonamides is 1. The van der Waals surface area contributed by atoms with E-state index in [1.54, 1.807) is 12.1 Å². The van der Waals surface area contributed by atoms with Gasteiger partial charge in [-0.15, -0.1) is 4.83 Å². The van der Waals surface area contributed by atoms with Gasteiger partial charge in [-0.2, -0.15) is 0 Å². The van der Waals surface area contributed by atoms with Crippen LogP contribution >= 0.6 is 23.2 Å². The third kappa shape index (κ3) is 3.92. The molecule has 2 rings (SSSR count). The molecule has 0 bridgehead atoms. The minimum Gasteiger partial charge on any atom is -0.272 e. The highest BCUT2D eigenvalue weighted by atomic mass is 35.5. The van der Waals surface area contributed by atoms with Gasteiger partial charge >= 0.3 is 0 Å². The van der Waals surface area contributed by atoms with Gasteiger partial charge in [0.15, 0.2) is 0 Å². The lowest BCUT2D eigenvalue weighted by Gasteiger charge is -2.08. The number of amides is 1. The molecule has 0 spiro atoms. The Kier molecular flexibility index (Phi) is 4.79. The van der Waals surface area contributed by atoms with Crippen molar-refractivity contribution in [2.45, 2.75) is 4.90 Å². The van der Waals surface area contributed by atoms with Crippen LogP contribution in [0, 0.1) is 0 Å². The second-order valence-corrected chi connectivity index (χ2v) is 6.35. The zero-order chi connectivity index (χ0) is 15.5. The molecule has 2 N–H and O–H groups in total. The fourth-order valence-electron chi connectivity index (χ4n) is 1.38.